The van der Waals surface area contributed by atoms with Gasteiger partial charge in [-0.1, -0.05) is 0 Å². The van der Waals surface area contributed by atoms with E-state index in [-0.39, 0.29) is 36.5 Å². The van der Waals surface area contributed by atoms with E-state index < -0.39 is 0 Å². The third kappa shape index (κ3) is 168. The minimum Gasteiger partial charge on any atom is -0.512 e. The van der Waals surface area contributed by atoms with Gasteiger partial charge in [0.05, 0.1) is 0 Å². The molecule has 0 aromatic rings. The summed E-state index contributed by atoms with van der Waals surface area (Å²) in [6.45, 7) is 9.75. The number of hydrogen-bond acceptors (Lipinski definition) is 1. The van der Waals surface area contributed by atoms with Crippen molar-refractivity contribution >= 4 is 17.0 Å². The predicted octanol–water partition coefficient (Wildman–Crippen LogP) is 1.51. The zero-order valence-corrected chi connectivity index (χ0v) is 8.45. The van der Waals surface area contributed by atoms with Crippen LogP contribution in [0.5, 0.6) is 0 Å². The van der Waals surface area contributed by atoms with Crippen LogP contribution in [0.15, 0.2) is 0 Å². The molecule has 0 saturated heterocycles. The van der Waals surface area contributed by atoms with Crippen molar-refractivity contribution in [1.29, 1.82) is 5.26 Å². The van der Waals surface area contributed by atoms with E-state index in [2.05, 4.69) is 6.92 Å². The molecule has 0 N–H and O–H groups in total. The maximum Gasteiger partial charge on any atom is 2.00 e. The second kappa shape index (κ2) is 335. The van der Waals surface area contributed by atoms with Gasteiger partial charge in [0.15, 0.2) is 0 Å². The van der Waals surface area contributed by atoms with Crippen molar-refractivity contribution in [1.82, 2.24) is 0 Å². The zero-order chi connectivity index (χ0) is 4.00. The molecule has 0 aliphatic rings. The van der Waals surface area contributed by atoms with E-state index in [0.29, 0.717) is 0 Å². The van der Waals surface area contributed by atoms with Crippen molar-refractivity contribution in [2.75, 3.05) is 0 Å². The van der Waals surface area contributed by atoms with Crippen LogP contribution >= 0.6 is 17.0 Å². The van der Waals surface area contributed by atoms with Gasteiger partial charge in [0.1, 0.15) is 0 Å². The molecule has 1 nitrogen and oxygen atoms in total. The minimum atomic E-state index is 0. The fourth-order valence-electron chi connectivity index (χ4n) is 0. The summed E-state index contributed by atoms with van der Waals surface area (Å²) in [5.74, 6) is 0. The molecule has 0 atom stereocenters. The normalized spacial score (nSPS) is 1.33. The first-order valence-electron chi connectivity index (χ1n) is 0.931. The van der Waals surface area contributed by atoms with Crippen molar-refractivity contribution in [3.63, 3.8) is 0 Å². The predicted molar refractivity (Wildman–Crippen MR) is 26.3 cm³/mol. The smallest absolute Gasteiger partial charge is 0.512 e. The second-order valence-electron chi connectivity index (χ2n) is 0. The quantitative estimate of drug-likeness (QED) is 0.430. The first kappa shape index (κ1) is 30.7. The summed E-state index contributed by atoms with van der Waals surface area (Å²) in [7, 11) is 0. The van der Waals surface area contributed by atoms with E-state index in [1.54, 1.807) is 6.92 Å². The maximum atomic E-state index is 6.25. The summed E-state index contributed by atoms with van der Waals surface area (Å²) in [6.07, 6.45) is 0. The molecule has 0 amide bonds. The van der Waals surface area contributed by atoms with E-state index in [1.165, 1.54) is 0 Å². The van der Waals surface area contributed by atoms with Gasteiger partial charge in [-0.2, -0.15) is 6.92 Å². The van der Waals surface area contributed by atoms with Crippen molar-refractivity contribution in [3.05, 3.63) is 13.5 Å². The van der Waals surface area contributed by atoms with Gasteiger partial charge < -0.3 is 18.8 Å². The van der Waals surface area contributed by atoms with Crippen molar-refractivity contribution in [3.8, 4) is 0 Å². The van der Waals surface area contributed by atoms with E-state index >= 15 is 0 Å². The molecule has 0 rings (SSSR count). The average Bonchev–Trinajstić information content (AvgIpc) is 1.50. The van der Waals surface area contributed by atoms with Crippen molar-refractivity contribution < 1.29 is 19.5 Å². The van der Waals surface area contributed by atoms with Gasteiger partial charge in [0.2, 0.25) is 0 Å². The molecule has 0 aliphatic heterocycles. The Morgan fingerprint density at radius 1 is 1.33 bits per heavy atom. The van der Waals surface area contributed by atoms with Crippen LogP contribution in [0.1, 0.15) is 6.92 Å². The van der Waals surface area contributed by atoms with Gasteiger partial charge in [-0.3, -0.25) is 0 Å². The summed E-state index contributed by atoms with van der Waals surface area (Å²) >= 11 is 0. The summed E-state index contributed by atoms with van der Waals surface area (Å²) in [5, 5.41) is 6.25. The topological polar surface area (TPSA) is 23.8 Å². The van der Waals surface area contributed by atoms with Gasteiger partial charge in [0.25, 0.3) is 0 Å². The molecule has 3 heteroatoms. The number of rotatable bonds is 0. The first-order chi connectivity index (χ1) is 2.00. The number of hydrogen-bond donors (Lipinski definition) is 0. The SMILES string of the molecule is Br.[C-]#N.[CH2-]C.[Zn+2]. The monoisotopic (exact) mass is 199 g/mol. The number of halogens is 1. The van der Waals surface area contributed by atoms with Gasteiger partial charge in [0, 0.05) is 0 Å². The first-order valence-corrected chi connectivity index (χ1v) is 0.931. The Morgan fingerprint density at radius 3 is 1.33 bits per heavy atom. The molecule has 0 fully saturated rings. The van der Waals surface area contributed by atoms with Crippen LogP contribution in [0.25, 0.3) is 0 Å². The molecule has 0 radical (unpaired) electrons. The Bertz CT molecular complexity index is 15.5. The summed E-state index contributed by atoms with van der Waals surface area (Å²) in [4.78, 5) is 0. The Kier molecular flexibility index (Phi) is 1710. The standard InChI is InChI=1S/C2H5.CN.BrH.Zn/c2*1-2;;/h1H2,2H3;;1H;/q2*-1;;+2. The third-order valence-corrected chi connectivity index (χ3v) is 0. The van der Waals surface area contributed by atoms with Crippen LogP contribution in [0.4, 0.5) is 0 Å². The molecular weight excluding hydrogens is 195 g/mol. The molecule has 0 saturated carbocycles. The molecule has 32 valence electrons. The fourth-order valence-corrected chi connectivity index (χ4v) is 0. The van der Waals surface area contributed by atoms with Crippen LogP contribution in [0.3, 0.4) is 0 Å². The van der Waals surface area contributed by atoms with E-state index in [4.69, 9.17) is 11.8 Å². The average molecular weight is 201 g/mol. The Morgan fingerprint density at radius 2 is 1.33 bits per heavy atom. The van der Waals surface area contributed by atoms with Gasteiger partial charge in [-0.15, -0.1) is 17.0 Å². The summed E-state index contributed by atoms with van der Waals surface area (Å²) < 4.78 is 0. The van der Waals surface area contributed by atoms with E-state index in [0.717, 1.165) is 0 Å². The van der Waals surface area contributed by atoms with Crippen LogP contribution in [0.2, 0.25) is 0 Å². The van der Waals surface area contributed by atoms with Crippen LogP contribution in [0, 0.1) is 18.8 Å². The molecule has 0 unspecified atom stereocenters. The van der Waals surface area contributed by atoms with Gasteiger partial charge >= 0.3 is 19.5 Å². The minimum absolute atomic E-state index is 0. The van der Waals surface area contributed by atoms with E-state index in [9.17, 15) is 0 Å². The summed E-state index contributed by atoms with van der Waals surface area (Å²) in [6, 6.07) is 0. The van der Waals surface area contributed by atoms with Gasteiger partial charge in [-0.25, -0.2) is 0 Å². The zero-order valence-electron chi connectivity index (χ0n) is 3.77. The molecule has 0 spiro atoms. The van der Waals surface area contributed by atoms with Crippen molar-refractivity contribution in [2.45, 2.75) is 6.92 Å². The Balaban J connectivity index is -0.00000000500. The van der Waals surface area contributed by atoms with Crippen molar-refractivity contribution in [2.24, 2.45) is 0 Å². The molecule has 0 aromatic carbocycles. The molecule has 0 aliphatic carbocycles. The maximum absolute atomic E-state index is 6.25. The molecular formula is C3H6BrNZn. The second-order valence-corrected chi connectivity index (χ2v) is 0. The number of nitrogens with zero attached hydrogens (tertiary/aromatic N) is 1. The molecule has 0 aromatic heterocycles. The molecule has 0 bridgehead atoms. The molecule has 6 heavy (non-hydrogen) atoms. The van der Waals surface area contributed by atoms with Crippen LogP contribution in [-0.2, 0) is 19.5 Å². The fraction of sp³-hybridized carbons (Fsp3) is 0.333. The molecule has 0 heterocycles. The van der Waals surface area contributed by atoms with E-state index in [1.807, 2.05) is 0 Å². The Labute approximate surface area is 62.3 Å². The third-order valence-electron chi connectivity index (χ3n) is 0. The summed E-state index contributed by atoms with van der Waals surface area (Å²) in [5.41, 5.74) is 0. The Hall–Kier alpha value is 0.593. The largest absolute Gasteiger partial charge is 2.00 e. The van der Waals surface area contributed by atoms with Crippen LogP contribution in [-0.4, -0.2) is 0 Å². The van der Waals surface area contributed by atoms with Crippen LogP contribution < -0.4 is 0 Å². The van der Waals surface area contributed by atoms with Gasteiger partial charge in [-0.05, 0) is 0 Å².